The van der Waals surface area contributed by atoms with Crippen molar-refractivity contribution in [2.45, 2.75) is 38.6 Å². The number of carbonyl (C=O) groups excluding carboxylic acids is 2. The molecule has 2 rings (SSSR count). The first kappa shape index (κ1) is 16.5. The van der Waals surface area contributed by atoms with Crippen LogP contribution in [0.2, 0.25) is 0 Å². The van der Waals surface area contributed by atoms with Crippen molar-refractivity contribution in [2.24, 2.45) is 5.92 Å². The van der Waals surface area contributed by atoms with Gasteiger partial charge in [0.15, 0.2) is 0 Å². The Labute approximate surface area is 130 Å². The lowest BCUT2D eigenvalue weighted by Gasteiger charge is -2.25. The number of hydrogen-bond donors (Lipinski definition) is 0. The normalized spacial score (nSPS) is 21.0. The highest BCUT2D eigenvalue weighted by molar-refractivity contribution is 5.78. The Balaban J connectivity index is 2.03. The molecule has 0 aromatic heterocycles. The van der Waals surface area contributed by atoms with Crippen LogP contribution < -0.4 is 0 Å². The molecular weight excluding hydrogens is 285 g/mol. The van der Waals surface area contributed by atoms with Gasteiger partial charge in [0, 0.05) is 24.9 Å². The molecule has 0 bridgehead atoms. The van der Waals surface area contributed by atoms with E-state index in [1.54, 1.807) is 23.1 Å². The molecule has 1 aliphatic heterocycles. The molecule has 0 spiro atoms. The van der Waals surface area contributed by atoms with E-state index in [1.165, 1.54) is 13.2 Å². The molecule has 1 aromatic rings. The Bertz CT molecular complexity index is 546. The fourth-order valence-corrected chi connectivity index (χ4v) is 2.99. The minimum atomic E-state index is -0.312. The largest absolute Gasteiger partial charge is 0.469 e. The quantitative estimate of drug-likeness (QED) is 0.785. The maximum atomic E-state index is 14.0. The highest BCUT2D eigenvalue weighted by Gasteiger charge is 2.34. The highest BCUT2D eigenvalue weighted by Crippen LogP contribution is 2.36. The van der Waals surface area contributed by atoms with Crippen molar-refractivity contribution in [3.05, 3.63) is 35.6 Å². The van der Waals surface area contributed by atoms with Crippen LogP contribution in [0.15, 0.2) is 24.3 Å². The number of likely N-dealkylation sites (tertiary alicyclic amines) is 1. The lowest BCUT2D eigenvalue weighted by atomic mass is 10.0. The van der Waals surface area contributed by atoms with Gasteiger partial charge in [-0.2, -0.15) is 0 Å². The molecule has 4 nitrogen and oxygen atoms in total. The van der Waals surface area contributed by atoms with Crippen molar-refractivity contribution in [3.8, 4) is 0 Å². The molecule has 1 aromatic carbocycles. The van der Waals surface area contributed by atoms with Gasteiger partial charge in [0.05, 0.1) is 13.2 Å². The summed E-state index contributed by atoms with van der Waals surface area (Å²) in [5.41, 5.74) is 0.577. The zero-order valence-electron chi connectivity index (χ0n) is 13.0. The number of amides is 1. The third kappa shape index (κ3) is 3.84. The number of nitrogens with zero attached hydrogens (tertiary/aromatic N) is 1. The first-order valence-electron chi connectivity index (χ1n) is 7.63. The highest BCUT2D eigenvalue weighted by atomic mass is 19.1. The topological polar surface area (TPSA) is 46.6 Å². The van der Waals surface area contributed by atoms with Crippen LogP contribution in [0.25, 0.3) is 0 Å². The smallest absolute Gasteiger partial charge is 0.305 e. The van der Waals surface area contributed by atoms with Gasteiger partial charge in [0.2, 0.25) is 5.91 Å². The predicted octanol–water partition coefficient (Wildman–Crippen LogP) is 3.08. The van der Waals surface area contributed by atoms with Gasteiger partial charge in [-0.1, -0.05) is 25.1 Å². The van der Waals surface area contributed by atoms with Crippen LogP contribution in [0, 0.1) is 11.7 Å². The number of methoxy groups -OCH3 is 1. The van der Waals surface area contributed by atoms with Crippen molar-refractivity contribution in [1.29, 1.82) is 0 Å². The molecule has 120 valence electrons. The summed E-state index contributed by atoms with van der Waals surface area (Å²) >= 11 is 0. The van der Waals surface area contributed by atoms with Gasteiger partial charge < -0.3 is 9.64 Å². The molecule has 1 fully saturated rings. The minimum absolute atomic E-state index is 0.0264. The summed E-state index contributed by atoms with van der Waals surface area (Å²) in [5.74, 6) is -0.266. The number of carbonyl (C=O) groups is 2. The molecule has 22 heavy (non-hydrogen) atoms. The Hall–Kier alpha value is -1.91. The molecule has 0 N–H and O–H groups in total. The molecule has 1 aliphatic rings. The lowest BCUT2D eigenvalue weighted by molar-refractivity contribution is -0.141. The summed E-state index contributed by atoms with van der Waals surface area (Å²) in [6.45, 7) is 2.70. The van der Waals surface area contributed by atoms with E-state index in [0.717, 1.165) is 6.42 Å². The van der Waals surface area contributed by atoms with Crippen LogP contribution in [-0.4, -0.2) is 30.4 Å². The third-order valence-electron chi connectivity index (χ3n) is 4.09. The van der Waals surface area contributed by atoms with E-state index in [9.17, 15) is 14.0 Å². The minimum Gasteiger partial charge on any atom is -0.469 e. The van der Waals surface area contributed by atoms with E-state index in [4.69, 9.17) is 0 Å². The second kappa shape index (κ2) is 7.38. The van der Waals surface area contributed by atoms with Crippen molar-refractivity contribution in [1.82, 2.24) is 4.90 Å². The Kier molecular flexibility index (Phi) is 5.52. The standard InChI is InChI=1S/C17H22FNO3/c1-12-10-15(13-6-3-4-7-14(13)18)19(11-12)16(20)8-5-9-17(21)22-2/h3-4,6-7,12,15H,5,8-11H2,1-2H3/t12-,15+/m0/s1. The van der Waals surface area contributed by atoms with Gasteiger partial charge in [-0.3, -0.25) is 9.59 Å². The summed E-state index contributed by atoms with van der Waals surface area (Å²) in [7, 11) is 1.33. The molecule has 5 heteroatoms. The van der Waals surface area contributed by atoms with E-state index in [-0.39, 0.29) is 36.6 Å². The number of rotatable bonds is 5. The molecule has 0 radical (unpaired) electrons. The van der Waals surface area contributed by atoms with E-state index in [1.807, 2.05) is 0 Å². The lowest BCUT2D eigenvalue weighted by Crippen LogP contribution is -2.31. The van der Waals surface area contributed by atoms with Crippen molar-refractivity contribution >= 4 is 11.9 Å². The SMILES string of the molecule is COC(=O)CCCC(=O)N1C[C@@H](C)C[C@@H]1c1ccccc1F. The average molecular weight is 307 g/mol. The summed E-state index contributed by atoms with van der Waals surface area (Å²) in [6, 6.07) is 6.41. The Morgan fingerprint density at radius 1 is 1.32 bits per heavy atom. The van der Waals surface area contributed by atoms with Crippen LogP contribution in [0.1, 0.15) is 44.2 Å². The van der Waals surface area contributed by atoms with Crippen molar-refractivity contribution in [3.63, 3.8) is 0 Å². The third-order valence-corrected chi connectivity index (χ3v) is 4.09. The predicted molar refractivity (Wildman–Crippen MR) is 80.5 cm³/mol. The summed E-state index contributed by atoms with van der Waals surface area (Å²) in [4.78, 5) is 25.3. The molecule has 1 saturated heterocycles. The zero-order chi connectivity index (χ0) is 16.1. The zero-order valence-corrected chi connectivity index (χ0v) is 13.0. The van der Waals surface area contributed by atoms with Crippen LogP contribution in [0.5, 0.6) is 0 Å². The molecule has 2 atom stereocenters. The number of hydrogen-bond acceptors (Lipinski definition) is 3. The van der Waals surface area contributed by atoms with Gasteiger partial charge in [-0.05, 0) is 24.8 Å². The number of halogens is 1. The van der Waals surface area contributed by atoms with Crippen molar-refractivity contribution < 1.29 is 18.7 Å². The summed E-state index contributed by atoms with van der Waals surface area (Å²) < 4.78 is 18.6. The molecule has 1 heterocycles. The molecule has 0 aliphatic carbocycles. The fourth-order valence-electron chi connectivity index (χ4n) is 2.99. The fraction of sp³-hybridized carbons (Fsp3) is 0.529. The second-order valence-corrected chi connectivity index (χ2v) is 5.85. The maximum Gasteiger partial charge on any atom is 0.305 e. The van der Waals surface area contributed by atoms with Crippen LogP contribution in [0.4, 0.5) is 4.39 Å². The first-order valence-corrected chi connectivity index (χ1v) is 7.63. The Morgan fingerprint density at radius 2 is 2.05 bits per heavy atom. The second-order valence-electron chi connectivity index (χ2n) is 5.85. The number of benzene rings is 1. The number of ether oxygens (including phenoxy) is 1. The molecular formula is C17H22FNO3. The summed E-state index contributed by atoms with van der Waals surface area (Å²) in [5, 5.41) is 0. The van der Waals surface area contributed by atoms with Crippen LogP contribution in [-0.2, 0) is 14.3 Å². The maximum absolute atomic E-state index is 14.0. The number of esters is 1. The van der Waals surface area contributed by atoms with Gasteiger partial charge in [-0.25, -0.2) is 4.39 Å². The van der Waals surface area contributed by atoms with Gasteiger partial charge in [-0.15, -0.1) is 0 Å². The van der Waals surface area contributed by atoms with Gasteiger partial charge in [0.25, 0.3) is 0 Å². The summed E-state index contributed by atoms with van der Waals surface area (Å²) in [6.07, 6.45) is 1.74. The Morgan fingerprint density at radius 3 is 2.73 bits per heavy atom. The first-order chi connectivity index (χ1) is 10.5. The van der Waals surface area contributed by atoms with E-state index < -0.39 is 0 Å². The monoisotopic (exact) mass is 307 g/mol. The molecule has 0 unspecified atom stereocenters. The van der Waals surface area contributed by atoms with Crippen molar-refractivity contribution in [2.75, 3.05) is 13.7 Å². The van der Waals surface area contributed by atoms with Gasteiger partial charge in [0.1, 0.15) is 5.82 Å². The van der Waals surface area contributed by atoms with Crippen LogP contribution in [0.3, 0.4) is 0 Å². The van der Waals surface area contributed by atoms with Gasteiger partial charge >= 0.3 is 5.97 Å². The van der Waals surface area contributed by atoms with E-state index in [2.05, 4.69) is 11.7 Å². The molecule has 0 saturated carbocycles. The van der Waals surface area contributed by atoms with E-state index >= 15 is 0 Å². The van der Waals surface area contributed by atoms with E-state index in [0.29, 0.717) is 24.4 Å². The average Bonchev–Trinajstić information content (AvgIpc) is 2.89. The van der Waals surface area contributed by atoms with Crippen LogP contribution >= 0.6 is 0 Å². The molecule has 1 amide bonds.